The molecule has 16 heavy (non-hydrogen) atoms. The number of nitrogens with one attached hydrogen (secondary N) is 1. The van der Waals surface area contributed by atoms with Crippen molar-refractivity contribution in [3.05, 3.63) is 27.4 Å². The van der Waals surface area contributed by atoms with Gasteiger partial charge in [0.05, 0.1) is 10.7 Å². The van der Waals surface area contributed by atoms with E-state index in [-0.39, 0.29) is 5.82 Å². The Labute approximate surface area is 110 Å². The van der Waals surface area contributed by atoms with Crippen molar-refractivity contribution in [2.75, 3.05) is 11.9 Å². The molecule has 0 saturated heterocycles. The molecule has 0 radical (unpaired) electrons. The Bertz CT molecular complexity index is 330. The van der Waals surface area contributed by atoms with Gasteiger partial charge in [0.1, 0.15) is 5.82 Å². The topological polar surface area (TPSA) is 12.0 Å². The molecule has 0 atom stereocenters. The van der Waals surface area contributed by atoms with Crippen molar-refractivity contribution in [3.8, 4) is 0 Å². The van der Waals surface area contributed by atoms with Crippen molar-refractivity contribution in [3.63, 3.8) is 0 Å². The third kappa shape index (κ3) is 3.63. The molecule has 1 aromatic carbocycles. The number of rotatable bonds is 5. The summed E-state index contributed by atoms with van der Waals surface area (Å²) in [5, 5.41) is 3.68. The van der Waals surface area contributed by atoms with Gasteiger partial charge in [-0.25, -0.2) is 4.39 Å². The van der Waals surface area contributed by atoms with E-state index in [9.17, 15) is 4.39 Å². The third-order valence-electron chi connectivity index (χ3n) is 2.73. The maximum absolute atomic E-state index is 13.0. The minimum atomic E-state index is -0.329. The summed E-state index contributed by atoms with van der Waals surface area (Å²) in [5.41, 5.74) is 0.773. The molecule has 1 nitrogen and oxygen atoms in total. The number of hydrogen-bond acceptors (Lipinski definition) is 1. The molecule has 0 saturated carbocycles. The number of benzene rings is 1. The SMILES string of the molecule is CCC(CC)CNc1c(Cl)cc(F)cc1Br. The lowest BCUT2D eigenvalue weighted by Crippen LogP contribution is -2.13. The molecule has 0 bridgehead atoms. The van der Waals surface area contributed by atoms with Gasteiger partial charge in [0, 0.05) is 11.0 Å². The van der Waals surface area contributed by atoms with Gasteiger partial charge in [-0.1, -0.05) is 38.3 Å². The zero-order valence-electron chi connectivity index (χ0n) is 9.49. The van der Waals surface area contributed by atoms with Crippen LogP contribution in [0.25, 0.3) is 0 Å². The summed E-state index contributed by atoms with van der Waals surface area (Å²) < 4.78 is 13.7. The first-order valence-electron chi connectivity index (χ1n) is 5.46. The fraction of sp³-hybridized carbons (Fsp3) is 0.500. The quantitative estimate of drug-likeness (QED) is 0.799. The van der Waals surface area contributed by atoms with Crippen LogP contribution in [0.5, 0.6) is 0 Å². The van der Waals surface area contributed by atoms with E-state index in [1.54, 1.807) is 0 Å². The second-order valence-electron chi connectivity index (χ2n) is 3.81. The second kappa shape index (κ2) is 6.45. The highest BCUT2D eigenvalue weighted by Gasteiger charge is 2.09. The molecule has 90 valence electrons. The minimum Gasteiger partial charge on any atom is -0.383 e. The summed E-state index contributed by atoms with van der Waals surface area (Å²) in [7, 11) is 0. The maximum Gasteiger partial charge on any atom is 0.125 e. The van der Waals surface area contributed by atoms with Crippen LogP contribution in [0, 0.1) is 11.7 Å². The molecule has 1 N–H and O–H groups in total. The molecule has 0 aliphatic carbocycles. The lowest BCUT2D eigenvalue weighted by molar-refractivity contribution is 0.519. The van der Waals surface area contributed by atoms with Crippen LogP contribution < -0.4 is 5.32 Å². The van der Waals surface area contributed by atoms with E-state index in [1.807, 2.05) is 0 Å². The summed E-state index contributed by atoms with van der Waals surface area (Å²) in [6, 6.07) is 2.74. The molecule has 4 heteroatoms. The predicted octanol–water partition coefficient (Wildman–Crippen LogP) is 5.09. The standard InChI is InChI=1S/C12H16BrClFN/c1-3-8(4-2)7-16-12-10(13)5-9(15)6-11(12)14/h5-6,8,16H,3-4,7H2,1-2H3. The fourth-order valence-electron chi connectivity index (χ4n) is 1.53. The van der Waals surface area contributed by atoms with Crippen LogP contribution in [-0.4, -0.2) is 6.54 Å². The average molecular weight is 309 g/mol. The minimum absolute atomic E-state index is 0.329. The van der Waals surface area contributed by atoms with E-state index in [0.29, 0.717) is 15.4 Å². The summed E-state index contributed by atoms with van der Waals surface area (Å²) in [5.74, 6) is 0.290. The van der Waals surface area contributed by atoms with Gasteiger partial charge in [-0.05, 0) is 34.0 Å². The van der Waals surface area contributed by atoms with Crippen molar-refractivity contribution in [1.82, 2.24) is 0 Å². The number of hydrogen-bond donors (Lipinski definition) is 1. The molecule has 1 rings (SSSR count). The second-order valence-corrected chi connectivity index (χ2v) is 5.07. The molecule has 0 spiro atoms. The van der Waals surface area contributed by atoms with Gasteiger partial charge in [-0.2, -0.15) is 0 Å². The van der Waals surface area contributed by atoms with Crippen LogP contribution in [0.1, 0.15) is 26.7 Å². The highest BCUT2D eigenvalue weighted by Crippen LogP contribution is 2.32. The third-order valence-corrected chi connectivity index (χ3v) is 3.65. The lowest BCUT2D eigenvalue weighted by Gasteiger charge is -2.16. The monoisotopic (exact) mass is 307 g/mol. The molecule has 0 fully saturated rings. The summed E-state index contributed by atoms with van der Waals surface area (Å²) >= 11 is 9.28. The highest BCUT2D eigenvalue weighted by molar-refractivity contribution is 9.10. The summed E-state index contributed by atoms with van der Waals surface area (Å²) in [4.78, 5) is 0. The number of halogens is 3. The van der Waals surface area contributed by atoms with Gasteiger partial charge in [-0.15, -0.1) is 0 Å². The van der Waals surface area contributed by atoms with E-state index in [1.165, 1.54) is 12.1 Å². The maximum atomic E-state index is 13.0. The van der Waals surface area contributed by atoms with Crippen LogP contribution in [0.15, 0.2) is 16.6 Å². The summed E-state index contributed by atoms with van der Waals surface area (Å²) in [6.07, 6.45) is 2.25. The molecule has 0 heterocycles. The molecular weight excluding hydrogens is 292 g/mol. The Kier molecular flexibility index (Phi) is 5.56. The first-order chi connectivity index (χ1) is 7.58. The van der Waals surface area contributed by atoms with Crippen molar-refractivity contribution in [2.45, 2.75) is 26.7 Å². The van der Waals surface area contributed by atoms with Crippen molar-refractivity contribution < 1.29 is 4.39 Å². The first-order valence-corrected chi connectivity index (χ1v) is 6.64. The Morgan fingerprint density at radius 1 is 1.38 bits per heavy atom. The van der Waals surface area contributed by atoms with Crippen LogP contribution in [0.2, 0.25) is 5.02 Å². The van der Waals surface area contributed by atoms with Gasteiger partial charge in [0.2, 0.25) is 0 Å². The van der Waals surface area contributed by atoms with Crippen LogP contribution in [0.3, 0.4) is 0 Å². The summed E-state index contributed by atoms with van der Waals surface area (Å²) in [6.45, 7) is 5.19. The van der Waals surface area contributed by atoms with Crippen molar-refractivity contribution in [2.24, 2.45) is 5.92 Å². The zero-order valence-corrected chi connectivity index (χ0v) is 11.8. The van der Waals surface area contributed by atoms with E-state index >= 15 is 0 Å². The smallest absolute Gasteiger partial charge is 0.125 e. The largest absolute Gasteiger partial charge is 0.383 e. The van der Waals surface area contributed by atoms with Gasteiger partial charge in [-0.3, -0.25) is 0 Å². The number of anilines is 1. The highest BCUT2D eigenvalue weighted by atomic mass is 79.9. The van der Waals surface area contributed by atoms with Crippen LogP contribution >= 0.6 is 27.5 Å². The van der Waals surface area contributed by atoms with E-state index in [4.69, 9.17) is 11.6 Å². The lowest BCUT2D eigenvalue weighted by atomic mass is 10.0. The van der Waals surface area contributed by atoms with Gasteiger partial charge < -0.3 is 5.32 Å². The van der Waals surface area contributed by atoms with E-state index in [0.717, 1.165) is 25.1 Å². The fourth-order valence-corrected chi connectivity index (χ4v) is 2.49. The molecule has 0 aromatic heterocycles. The molecule has 0 aliphatic rings. The Hall–Kier alpha value is -0.280. The van der Waals surface area contributed by atoms with Crippen LogP contribution in [-0.2, 0) is 0 Å². The predicted molar refractivity (Wildman–Crippen MR) is 71.7 cm³/mol. The molecule has 1 aromatic rings. The Morgan fingerprint density at radius 3 is 2.50 bits per heavy atom. The van der Waals surface area contributed by atoms with E-state index < -0.39 is 0 Å². The Morgan fingerprint density at radius 2 is 2.00 bits per heavy atom. The Balaban J connectivity index is 2.74. The molecule has 0 amide bonds. The zero-order chi connectivity index (χ0) is 12.1. The normalized spacial score (nSPS) is 10.9. The first kappa shape index (κ1) is 13.8. The average Bonchev–Trinajstić information content (AvgIpc) is 2.22. The van der Waals surface area contributed by atoms with Crippen molar-refractivity contribution in [1.29, 1.82) is 0 Å². The van der Waals surface area contributed by atoms with Gasteiger partial charge >= 0.3 is 0 Å². The molecule has 0 unspecified atom stereocenters. The van der Waals surface area contributed by atoms with E-state index in [2.05, 4.69) is 35.1 Å². The van der Waals surface area contributed by atoms with Gasteiger partial charge in [0.25, 0.3) is 0 Å². The van der Waals surface area contributed by atoms with Crippen LogP contribution in [0.4, 0.5) is 10.1 Å². The molecular formula is C12H16BrClFN. The van der Waals surface area contributed by atoms with Crippen molar-refractivity contribution >= 4 is 33.2 Å². The van der Waals surface area contributed by atoms with Gasteiger partial charge in [0.15, 0.2) is 0 Å². The molecule has 0 aliphatic heterocycles.